The Kier molecular flexibility index (Phi) is 6.98. The van der Waals surface area contributed by atoms with Gasteiger partial charge >= 0.3 is 0 Å². The van der Waals surface area contributed by atoms with Crippen molar-refractivity contribution in [3.05, 3.63) is 18.1 Å². The zero-order valence-corrected chi connectivity index (χ0v) is 13.0. The highest BCUT2D eigenvalue weighted by Gasteiger charge is 2.18. The summed E-state index contributed by atoms with van der Waals surface area (Å²) in [6, 6.07) is 0. The van der Waals surface area contributed by atoms with Gasteiger partial charge in [0.2, 0.25) is 0 Å². The van der Waals surface area contributed by atoms with E-state index in [4.69, 9.17) is 0 Å². The smallest absolute Gasteiger partial charge is 0.274 e. The average Bonchev–Trinajstić information content (AvgIpc) is 2.49. The molecule has 0 atom stereocenters. The van der Waals surface area contributed by atoms with Crippen LogP contribution in [0.5, 0.6) is 0 Å². The maximum atomic E-state index is 12.4. The first-order valence-electron chi connectivity index (χ1n) is 7.51. The van der Waals surface area contributed by atoms with Gasteiger partial charge in [0.1, 0.15) is 11.5 Å². The Hall–Kier alpha value is -1.65. The monoisotopic (exact) mass is 278 g/mol. The molecular weight excluding hydrogens is 252 g/mol. The summed E-state index contributed by atoms with van der Waals surface area (Å²) in [4.78, 5) is 22.7. The fraction of sp³-hybridized carbons (Fsp3) is 0.667. The summed E-state index contributed by atoms with van der Waals surface area (Å²) in [5, 5.41) is 3.07. The van der Waals surface area contributed by atoms with Crippen LogP contribution in [0.4, 0.5) is 5.82 Å². The molecule has 0 saturated carbocycles. The van der Waals surface area contributed by atoms with Gasteiger partial charge in [0.25, 0.3) is 5.91 Å². The first-order valence-corrected chi connectivity index (χ1v) is 7.51. The molecule has 0 bridgehead atoms. The molecule has 0 spiro atoms. The van der Waals surface area contributed by atoms with E-state index >= 15 is 0 Å². The molecule has 0 aromatic carbocycles. The van der Waals surface area contributed by atoms with Crippen molar-refractivity contribution in [2.24, 2.45) is 5.92 Å². The number of anilines is 1. The van der Waals surface area contributed by atoms with Crippen molar-refractivity contribution in [2.45, 2.75) is 40.5 Å². The molecule has 1 amide bonds. The summed E-state index contributed by atoms with van der Waals surface area (Å²) in [7, 11) is 0. The lowest BCUT2D eigenvalue weighted by Crippen LogP contribution is -2.35. The highest BCUT2D eigenvalue weighted by atomic mass is 16.2. The maximum Gasteiger partial charge on any atom is 0.274 e. The van der Waals surface area contributed by atoms with Gasteiger partial charge in [0, 0.05) is 19.6 Å². The van der Waals surface area contributed by atoms with E-state index < -0.39 is 0 Å². The molecule has 5 nitrogen and oxygen atoms in total. The van der Waals surface area contributed by atoms with E-state index in [2.05, 4.69) is 29.1 Å². The molecule has 1 heterocycles. The van der Waals surface area contributed by atoms with Gasteiger partial charge in [0.05, 0.1) is 12.4 Å². The zero-order valence-electron chi connectivity index (χ0n) is 13.0. The van der Waals surface area contributed by atoms with Crippen molar-refractivity contribution in [1.29, 1.82) is 0 Å². The predicted molar refractivity (Wildman–Crippen MR) is 81.8 cm³/mol. The second kappa shape index (κ2) is 8.51. The minimum absolute atomic E-state index is 0.0325. The molecule has 1 N–H and O–H groups in total. The summed E-state index contributed by atoms with van der Waals surface area (Å²) in [6.07, 6.45) is 5.34. The van der Waals surface area contributed by atoms with Crippen LogP contribution in [0, 0.1) is 5.92 Å². The Balaban J connectivity index is 2.74. The van der Waals surface area contributed by atoms with E-state index in [0.717, 1.165) is 25.9 Å². The van der Waals surface area contributed by atoms with Crippen LogP contribution < -0.4 is 5.32 Å². The quantitative estimate of drug-likeness (QED) is 0.794. The van der Waals surface area contributed by atoms with Crippen molar-refractivity contribution < 1.29 is 4.79 Å². The molecule has 1 rings (SSSR count). The standard InChI is InChI=1S/C15H26N4O/c1-5-12(6-2)11-19(8-4)15(20)13-9-18-14(10-17-13)16-7-3/h9-10,12H,5-8,11H2,1-4H3,(H,16,18). The van der Waals surface area contributed by atoms with E-state index in [0.29, 0.717) is 24.0 Å². The van der Waals surface area contributed by atoms with Crippen molar-refractivity contribution in [2.75, 3.05) is 25.0 Å². The Morgan fingerprint density at radius 2 is 1.90 bits per heavy atom. The molecule has 20 heavy (non-hydrogen) atoms. The van der Waals surface area contributed by atoms with E-state index in [-0.39, 0.29) is 5.91 Å². The third-order valence-electron chi connectivity index (χ3n) is 3.53. The number of hydrogen-bond donors (Lipinski definition) is 1. The van der Waals surface area contributed by atoms with Gasteiger partial charge in [-0.1, -0.05) is 26.7 Å². The van der Waals surface area contributed by atoms with Gasteiger partial charge < -0.3 is 10.2 Å². The molecule has 0 aliphatic carbocycles. The van der Waals surface area contributed by atoms with E-state index in [1.165, 1.54) is 0 Å². The van der Waals surface area contributed by atoms with E-state index in [9.17, 15) is 4.79 Å². The van der Waals surface area contributed by atoms with Crippen LogP contribution in [0.3, 0.4) is 0 Å². The lowest BCUT2D eigenvalue weighted by atomic mass is 10.0. The van der Waals surface area contributed by atoms with Gasteiger partial charge in [-0.3, -0.25) is 4.79 Å². The highest BCUT2D eigenvalue weighted by molar-refractivity contribution is 5.92. The molecule has 5 heteroatoms. The Bertz CT molecular complexity index is 401. The van der Waals surface area contributed by atoms with Crippen LogP contribution in [0.2, 0.25) is 0 Å². The fourth-order valence-corrected chi connectivity index (χ4v) is 2.09. The van der Waals surface area contributed by atoms with E-state index in [1.54, 1.807) is 12.4 Å². The van der Waals surface area contributed by atoms with Crippen molar-refractivity contribution in [3.63, 3.8) is 0 Å². The minimum atomic E-state index is -0.0325. The highest BCUT2D eigenvalue weighted by Crippen LogP contribution is 2.12. The number of aromatic nitrogens is 2. The molecule has 0 aliphatic rings. The first-order chi connectivity index (χ1) is 9.65. The summed E-state index contributed by atoms with van der Waals surface area (Å²) in [5.41, 5.74) is 0.416. The molecule has 0 fully saturated rings. The molecule has 0 unspecified atom stereocenters. The molecule has 0 aliphatic heterocycles. The molecule has 112 valence electrons. The normalized spacial score (nSPS) is 10.7. The van der Waals surface area contributed by atoms with Crippen LogP contribution in [0.15, 0.2) is 12.4 Å². The van der Waals surface area contributed by atoms with Crippen LogP contribution in [0.25, 0.3) is 0 Å². The summed E-state index contributed by atoms with van der Waals surface area (Å²) in [6.45, 7) is 10.6. The van der Waals surface area contributed by atoms with Gasteiger partial charge in [0.15, 0.2) is 0 Å². The number of nitrogens with one attached hydrogen (secondary N) is 1. The molecule has 0 saturated heterocycles. The van der Waals surface area contributed by atoms with Gasteiger partial charge in [-0.25, -0.2) is 9.97 Å². The Morgan fingerprint density at radius 3 is 2.35 bits per heavy atom. The summed E-state index contributed by atoms with van der Waals surface area (Å²) < 4.78 is 0. The number of hydrogen-bond acceptors (Lipinski definition) is 4. The van der Waals surface area contributed by atoms with Crippen molar-refractivity contribution in [1.82, 2.24) is 14.9 Å². The first kappa shape index (κ1) is 16.4. The predicted octanol–water partition coefficient (Wildman–Crippen LogP) is 2.81. The zero-order chi connectivity index (χ0) is 15.0. The second-order valence-corrected chi connectivity index (χ2v) is 4.84. The van der Waals surface area contributed by atoms with Gasteiger partial charge in [-0.15, -0.1) is 0 Å². The third kappa shape index (κ3) is 4.47. The fourth-order valence-electron chi connectivity index (χ4n) is 2.09. The lowest BCUT2D eigenvalue weighted by Gasteiger charge is -2.25. The second-order valence-electron chi connectivity index (χ2n) is 4.84. The molecule has 1 aromatic heterocycles. The molecular formula is C15H26N4O. The average molecular weight is 278 g/mol. The van der Waals surface area contributed by atoms with Crippen LogP contribution in [-0.2, 0) is 0 Å². The Morgan fingerprint density at radius 1 is 1.20 bits per heavy atom. The summed E-state index contributed by atoms with van der Waals surface area (Å²) >= 11 is 0. The van der Waals surface area contributed by atoms with Crippen LogP contribution in [-0.4, -0.2) is 40.4 Å². The SMILES string of the molecule is CCNc1cnc(C(=O)N(CC)CC(CC)CC)cn1. The molecule has 0 radical (unpaired) electrons. The summed E-state index contributed by atoms with van der Waals surface area (Å²) in [5.74, 6) is 1.22. The third-order valence-corrected chi connectivity index (χ3v) is 3.53. The Labute approximate surface area is 121 Å². The van der Waals surface area contributed by atoms with Crippen molar-refractivity contribution in [3.8, 4) is 0 Å². The largest absolute Gasteiger partial charge is 0.369 e. The minimum Gasteiger partial charge on any atom is -0.369 e. The van der Waals surface area contributed by atoms with Crippen LogP contribution in [0.1, 0.15) is 51.0 Å². The number of amides is 1. The van der Waals surface area contributed by atoms with Crippen LogP contribution >= 0.6 is 0 Å². The topological polar surface area (TPSA) is 58.1 Å². The molecule has 1 aromatic rings. The maximum absolute atomic E-state index is 12.4. The number of carbonyl (C=O) groups is 1. The van der Waals surface area contributed by atoms with Gasteiger partial charge in [-0.2, -0.15) is 0 Å². The van der Waals surface area contributed by atoms with Crippen molar-refractivity contribution >= 4 is 11.7 Å². The number of nitrogens with zero attached hydrogens (tertiary/aromatic N) is 3. The van der Waals surface area contributed by atoms with Gasteiger partial charge in [-0.05, 0) is 19.8 Å². The lowest BCUT2D eigenvalue weighted by molar-refractivity contribution is 0.0728. The number of carbonyl (C=O) groups excluding carboxylic acids is 1. The number of rotatable bonds is 8. The van der Waals surface area contributed by atoms with E-state index in [1.807, 2.05) is 18.7 Å².